The Bertz CT molecular complexity index is 1590. The standard InChI is InChI=1S/C75H147NO11S/c1-3-5-7-9-11-13-15-17-19-21-23-25-27-28-29-30-31-32-33-34-35-36-37-38-39-40-41-42-43-45-47-49-51-53-55-57-59-61-63-65-71(79)76-68(67-85-75-73(81)74(87-88(82,83)84)72(80)70(66-77)86-75)69(78)64-62-60-58-56-54-52-50-48-46-44-26-24-22-20-18-16-14-12-10-8-6-4-2/h34-35,68-70,72-75,77-78,80-81H,3-33,36-67H2,1-2H3,(H,76,79)(H,82,83,84)/b35-34-. The van der Waals surface area contributed by atoms with Crippen LogP contribution in [0, 0.1) is 0 Å². The molecule has 0 aliphatic carbocycles. The van der Waals surface area contributed by atoms with Gasteiger partial charge in [-0.2, -0.15) is 8.42 Å². The van der Waals surface area contributed by atoms with Gasteiger partial charge in [-0.1, -0.05) is 373 Å². The van der Waals surface area contributed by atoms with Crippen LogP contribution >= 0.6 is 0 Å². The maximum Gasteiger partial charge on any atom is 0.397 e. The molecule has 1 fully saturated rings. The molecule has 1 aliphatic rings. The molecule has 7 unspecified atom stereocenters. The first-order valence-corrected chi connectivity index (χ1v) is 39.9. The van der Waals surface area contributed by atoms with E-state index in [1.807, 2.05) is 0 Å². The number of nitrogens with one attached hydrogen (secondary N) is 1. The lowest BCUT2D eigenvalue weighted by atomic mass is 9.99. The SMILES string of the molecule is CCCCCCCCCCCCCCCCCCCC/C=C\CCCCCCCCCCCCCCCCCCCC(=O)NC(COC1OC(CO)C(O)C(OS(=O)(=O)O)C1O)C(O)CCCCCCCCCCCCCCCCCCCCCCCC. The molecule has 1 rings (SSSR count). The van der Waals surface area contributed by atoms with Crippen LogP contribution in [0.15, 0.2) is 12.2 Å². The summed E-state index contributed by atoms with van der Waals surface area (Å²) in [6, 6.07) is -0.857. The lowest BCUT2D eigenvalue weighted by Gasteiger charge is -2.41. The average Bonchev–Trinajstić information content (AvgIpc) is 2.03. The van der Waals surface area contributed by atoms with Gasteiger partial charge < -0.3 is 35.2 Å². The van der Waals surface area contributed by atoms with E-state index in [0.29, 0.717) is 12.8 Å². The number of ether oxygens (including phenoxy) is 2. The summed E-state index contributed by atoms with van der Waals surface area (Å²) in [5, 5.41) is 45.4. The van der Waals surface area contributed by atoms with Gasteiger partial charge in [0.05, 0.1) is 25.4 Å². The Morgan fingerprint density at radius 3 is 1.02 bits per heavy atom. The van der Waals surface area contributed by atoms with Crippen LogP contribution in [0.25, 0.3) is 0 Å². The zero-order valence-corrected chi connectivity index (χ0v) is 58.7. The highest BCUT2D eigenvalue weighted by Gasteiger charge is 2.48. The molecule has 0 bridgehead atoms. The van der Waals surface area contributed by atoms with Crippen molar-refractivity contribution in [3.05, 3.63) is 12.2 Å². The summed E-state index contributed by atoms with van der Waals surface area (Å²) in [6.07, 6.45) is 74.2. The molecule has 0 spiro atoms. The Hall–Kier alpha value is -1.16. The molecule has 12 nitrogen and oxygen atoms in total. The number of amides is 1. The summed E-state index contributed by atoms with van der Waals surface area (Å²) >= 11 is 0. The maximum atomic E-state index is 13.2. The number of aliphatic hydroxyl groups is 4. The topological polar surface area (TPSA) is 192 Å². The third kappa shape index (κ3) is 55.3. The second-order valence-corrected chi connectivity index (χ2v) is 28.4. The number of hydrogen-bond acceptors (Lipinski definition) is 10. The minimum Gasteiger partial charge on any atom is -0.394 e. The molecule has 13 heteroatoms. The monoisotopic (exact) mass is 1270 g/mol. The largest absolute Gasteiger partial charge is 0.397 e. The number of carbonyl (C=O) groups is 1. The summed E-state index contributed by atoms with van der Waals surface area (Å²) in [5.41, 5.74) is 0. The summed E-state index contributed by atoms with van der Waals surface area (Å²) < 4.78 is 48.2. The van der Waals surface area contributed by atoms with Crippen molar-refractivity contribution in [2.45, 2.75) is 448 Å². The second-order valence-electron chi connectivity index (χ2n) is 27.3. The summed E-state index contributed by atoms with van der Waals surface area (Å²) in [4.78, 5) is 13.2. The minimum absolute atomic E-state index is 0.220. The molecule has 0 saturated carbocycles. The molecule has 0 aromatic carbocycles. The third-order valence-electron chi connectivity index (χ3n) is 18.8. The fourth-order valence-corrected chi connectivity index (χ4v) is 13.4. The number of aliphatic hydroxyl groups excluding tert-OH is 4. The van der Waals surface area contributed by atoms with E-state index in [2.05, 4.69) is 35.5 Å². The third-order valence-corrected chi connectivity index (χ3v) is 19.3. The molecule has 1 saturated heterocycles. The van der Waals surface area contributed by atoms with Crippen LogP contribution in [0.2, 0.25) is 0 Å². The lowest BCUT2D eigenvalue weighted by Crippen LogP contribution is -2.61. The van der Waals surface area contributed by atoms with Crippen LogP contribution in [0.1, 0.15) is 406 Å². The van der Waals surface area contributed by atoms with Gasteiger partial charge in [0, 0.05) is 6.42 Å². The fraction of sp³-hybridized carbons (Fsp3) is 0.960. The fourth-order valence-electron chi connectivity index (χ4n) is 12.9. The predicted octanol–water partition coefficient (Wildman–Crippen LogP) is 20.9. The smallest absolute Gasteiger partial charge is 0.394 e. The Kier molecular flexibility index (Phi) is 62.2. The van der Waals surface area contributed by atoms with E-state index in [0.717, 1.165) is 51.4 Å². The van der Waals surface area contributed by atoms with Gasteiger partial charge in [-0.15, -0.1) is 0 Å². The zero-order valence-electron chi connectivity index (χ0n) is 57.8. The lowest BCUT2D eigenvalue weighted by molar-refractivity contribution is -0.298. The molecule has 88 heavy (non-hydrogen) atoms. The number of rotatable bonds is 70. The van der Waals surface area contributed by atoms with Crippen LogP contribution in [-0.4, -0.2) is 95.4 Å². The molecule has 6 N–H and O–H groups in total. The minimum atomic E-state index is -5.09. The van der Waals surface area contributed by atoms with E-state index in [9.17, 15) is 38.2 Å². The molecule has 1 heterocycles. The van der Waals surface area contributed by atoms with Crippen molar-refractivity contribution in [1.82, 2.24) is 5.32 Å². The quantitative estimate of drug-likeness (QED) is 0.0193. The Morgan fingerprint density at radius 1 is 0.443 bits per heavy atom. The molecule has 0 aromatic rings. The number of allylic oxidation sites excluding steroid dienone is 2. The van der Waals surface area contributed by atoms with Crippen molar-refractivity contribution in [2.75, 3.05) is 13.2 Å². The first kappa shape index (κ1) is 84.9. The van der Waals surface area contributed by atoms with E-state index in [-0.39, 0.29) is 12.5 Å². The van der Waals surface area contributed by atoms with Crippen LogP contribution in [0.3, 0.4) is 0 Å². The molecule has 7 atom stereocenters. The molecular weight excluding hydrogens is 1120 g/mol. The number of unbranched alkanes of at least 4 members (excludes halogenated alkanes) is 56. The van der Waals surface area contributed by atoms with E-state index < -0.39 is 59.9 Å². The molecular formula is C75H147NO11S. The highest BCUT2D eigenvalue weighted by atomic mass is 32.3. The first-order valence-electron chi connectivity index (χ1n) is 38.6. The Balaban J connectivity index is 2.14. The molecule has 524 valence electrons. The van der Waals surface area contributed by atoms with Gasteiger partial charge in [-0.25, -0.2) is 4.18 Å². The van der Waals surface area contributed by atoms with E-state index in [1.165, 1.54) is 327 Å². The highest BCUT2D eigenvalue weighted by Crippen LogP contribution is 2.27. The van der Waals surface area contributed by atoms with E-state index >= 15 is 0 Å². The predicted molar refractivity (Wildman–Crippen MR) is 370 cm³/mol. The summed E-state index contributed by atoms with van der Waals surface area (Å²) in [5.74, 6) is -0.220. The molecule has 1 aliphatic heterocycles. The van der Waals surface area contributed by atoms with E-state index in [1.54, 1.807) is 0 Å². The van der Waals surface area contributed by atoms with Gasteiger partial charge >= 0.3 is 10.4 Å². The van der Waals surface area contributed by atoms with Crippen molar-refractivity contribution in [1.29, 1.82) is 0 Å². The van der Waals surface area contributed by atoms with Crippen molar-refractivity contribution >= 4 is 16.3 Å². The highest BCUT2D eigenvalue weighted by molar-refractivity contribution is 7.80. The Morgan fingerprint density at radius 2 is 0.727 bits per heavy atom. The van der Waals surface area contributed by atoms with Crippen molar-refractivity contribution in [3.8, 4) is 0 Å². The van der Waals surface area contributed by atoms with Crippen LogP contribution in [0.4, 0.5) is 0 Å². The van der Waals surface area contributed by atoms with Crippen LogP contribution < -0.4 is 5.32 Å². The summed E-state index contributed by atoms with van der Waals surface area (Å²) in [7, 11) is -5.09. The van der Waals surface area contributed by atoms with Gasteiger partial charge in [0.1, 0.15) is 24.4 Å². The number of carbonyl (C=O) groups excluding carboxylic acids is 1. The number of hydrogen-bond donors (Lipinski definition) is 6. The normalized spacial score (nSPS) is 18.0. The average molecular weight is 1270 g/mol. The molecule has 0 radical (unpaired) electrons. The van der Waals surface area contributed by atoms with Crippen molar-refractivity contribution in [3.63, 3.8) is 0 Å². The maximum absolute atomic E-state index is 13.2. The zero-order chi connectivity index (χ0) is 63.9. The van der Waals surface area contributed by atoms with Crippen LogP contribution in [0.5, 0.6) is 0 Å². The van der Waals surface area contributed by atoms with Gasteiger partial charge in [-0.3, -0.25) is 9.35 Å². The molecule has 1 amide bonds. The Labute approximate surface area is 544 Å². The summed E-state index contributed by atoms with van der Waals surface area (Å²) in [6.45, 7) is 3.53. The van der Waals surface area contributed by atoms with Gasteiger partial charge in [0.2, 0.25) is 5.91 Å². The van der Waals surface area contributed by atoms with Gasteiger partial charge in [0.25, 0.3) is 0 Å². The molecule has 0 aromatic heterocycles. The van der Waals surface area contributed by atoms with Gasteiger partial charge in [0.15, 0.2) is 6.29 Å². The first-order chi connectivity index (χ1) is 43.0. The van der Waals surface area contributed by atoms with Crippen molar-refractivity contribution < 1.29 is 51.8 Å². The second kappa shape index (κ2) is 64.5. The van der Waals surface area contributed by atoms with E-state index in [4.69, 9.17) is 9.47 Å². The van der Waals surface area contributed by atoms with Crippen molar-refractivity contribution in [2.24, 2.45) is 0 Å². The van der Waals surface area contributed by atoms with Crippen LogP contribution in [-0.2, 0) is 28.9 Å². The van der Waals surface area contributed by atoms with Gasteiger partial charge in [-0.05, 0) is 38.5 Å².